The van der Waals surface area contributed by atoms with Gasteiger partial charge in [0.05, 0.1) is 0 Å². The van der Waals surface area contributed by atoms with Gasteiger partial charge in [-0.05, 0) is 24.6 Å². The van der Waals surface area contributed by atoms with E-state index in [2.05, 4.69) is 25.2 Å². The number of halogens is 1. The molecule has 0 fully saturated rings. The third kappa shape index (κ3) is 4.90. The van der Waals surface area contributed by atoms with Crippen LogP contribution in [0.3, 0.4) is 0 Å². The summed E-state index contributed by atoms with van der Waals surface area (Å²) in [4.78, 5) is 0. The van der Waals surface area contributed by atoms with E-state index in [0.29, 0.717) is 6.04 Å². The van der Waals surface area contributed by atoms with Crippen molar-refractivity contribution in [3.05, 3.63) is 34.9 Å². The van der Waals surface area contributed by atoms with Crippen LogP contribution in [0.25, 0.3) is 0 Å². The highest BCUT2D eigenvalue weighted by Gasteiger charge is 2.13. The molecule has 0 aromatic heterocycles. The van der Waals surface area contributed by atoms with Gasteiger partial charge in [0.2, 0.25) is 0 Å². The van der Waals surface area contributed by atoms with Crippen LogP contribution in [0.1, 0.15) is 25.8 Å². The SMILES string of the molecule is CCC(C)C(CSCc1ccccc1Cl)NC. The molecule has 0 aliphatic carbocycles. The van der Waals surface area contributed by atoms with Crippen LogP contribution in [0.2, 0.25) is 5.02 Å². The van der Waals surface area contributed by atoms with Crippen LogP contribution in [-0.4, -0.2) is 18.8 Å². The summed E-state index contributed by atoms with van der Waals surface area (Å²) in [6.07, 6.45) is 1.22. The minimum absolute atomic E-state index is 0.590. The second-order valence-corrected chi connectivity index (χ2v) is 5.82. The van der Waals surface area contributed by atoms with Crippen molar-refractivity contribution in [1.82, 2.24) is 5.32 Å². The smallest absolute Gasteiger partial charge is 0.0446 e. The molecule has 2 atom stereocenters. The van der Waals surface area contributed by atoms with E-state index in [4.69, 9.17) is 11.6 Å². The van der Waals surface area contributed by atoms with E-state index >= 15 is 0 Å². The van der Waals surface area contributed by atoms with Gasteiger partial charge in [0.15, 0.2) is 0 Å². The molecule has 2 unspecified atom stereocenters. The van der Waals surface area contributed by atoms with Crippen molar-refractivity contribution in [2.24, 2.45) is 5.92 Å². The molecule has 0 aliphatic rings. The highest BCUT2D eigenvalue weighted by Crippen LogP contribution is 2.22. The van der Waals surface area contributed by atoms with Crippen molar-refractivity contribution >= 4 is 23.4 Å². The molecule has 3 heteroatoms. The lowest BCUT2D eigenvalue weighted by Crippen LogP contribution is -2.34. The van der Waals surface area contributed by atoms with Crippen molar-refractivity contribution in [2.75, 3.05) is 12.8 Å². The topological polar surface area (TPSA) is 12.0 Å². The fourth-order valence-corrected chi connectivity index (χ4v) is 3.35. The van der Waals surface area contributed by atoms with Crippen molar-refractivity contribution in [2.45, 2.75) is 32.1 Å². The van der Waals surface area contributed by atoms with Gasteiger partial charge in [-0.25, -0.2) is 0 Å². The zero-order valence-corrected chi connectivity index (χ0v) is 12.4. The third-order valence-corrected chi connectivity index (χ3v) is 4.69. The molecule has 0 saturated carbocycles. The van der Waals surface area contributed by atoms with Crippen LogP contribution in [-0.2, 0) is 5.75 Å². The van der Waals surface area contributed by atoms with Gasteiger partial charge in [0.1, 0.15) is 0 Å². The normalized spacial score (nSPS) is 14.6. The monoisotopic (exact) mass is 271 g/mol. The molecule has 96 valence electrons. The summed E-state index contributed by atoms with van der Waals surface area (Å²) >= 11 is 8.08. The van der Waals surface area contributed by atoms with E-state index in [1.54, 1.807) is 0 Å². The summed E-state index contributed by atoms with van der Waals surface area (Å²) in [6, 6.07) is 8.68. The van der Waals surface area contributed by atoms with Gasteiger partial charge in [-0.1, -0.05) is 50.1 Å². The molecule has 0 bridgehead atoms. The van der Waals surface area contributed by atoms with Crippen molar-refractivity contribution < 1.29 is 0 Å². The highest BCUT2D eigenvalue weighted by atomic mass is 35.5. The standard InChI is InChI=1S/C14H22ClNS/c1-4-11(2)14(16-3)10-17-9-12-7-5-6-8-13(12)15/h5-8,11,14,16H,4,9-10H2,1-3H3. The predicted octanol–water partition coefficient (Wildman–Crippen LogP) is 4.21. The van der Waals surface area contributed by atoms with Crippen molar-refractivity contribution in [3.63, 3.8) is 0 Å². The Bertz CT molecular complexity index is 330. The average Bonchev–Trinajstić information content (AvgIpc) is 2.36. The van der Waals surface area contributed by atoms with Gasteiger partial charge < -0.3 is 5.32 Å². The molecular formula is C14H22ClNS. The highest BCUT2D eigenvalue weighted by molar-refractivity contribution is 7.98. The average molecular weight is 272 g/mol. The molecule has 0 amide bonds. The van der Waals surface area contributed by atoms with Crippen molar-refractivity contribution in [1.29, 1.82) is 0 Å². The van der Waals surface area contributed by atoms with Gasteiger partial charge in [0, 0.05) is 22.6 Å². The van der Waals surface area contributed by atoms with Crippen LogP contribution >= 0.6 is 23.4 Å². The van der Waals surface area contributed by atoms with Crippen LogP contribution in [0.15, 0.2) is 24.3 Å². The first-order valence-electron chi connectivity index (χ1n) is 6.17. The summed E-state index contributed by atoms with van der Waals surface area (Å²) in [5.74, 6) is 2.85. The minimum atomic E-state index is 0.590. The molecule has 0 spiro atoms. The zero-order valence-electron chi connectivity index (χ0n) is 10.9. The van der Waals surface area contributed by atoms with E-state index in [0.717, 1.165) is 22.4 Å². The summed E-state index contributed by atoms with van der Waals surface area (Å²) in [5, 5.41) is 4.28. The summed E-state index contributed by atoms with van der Waals surface area (Å²) < 4.78 is 0. The molecule has 17 heavy (non-hydrogen) atoms. The maximum absolute atomic E-state index is 6.13. The molecular weight excluding hydrogens is 250 g/mol. The van der Waals surface area contributed by atoms with Gasteiger partial charge in [-0.3, -0.25) is 0 Å². The quantitative estimate of drug-likeness (QED) is 0.797. The lowest BCUT2D eigenvalue weighted by molar-refractivity contribution is 0.420. The molecule has 0 radical (unpaired) electrons. The number of nitrogens with one attached hydrogen (secondary N) is 1. The summed E-state index contributed by atoms with van der Waals surface area (Å²) in [7, 11) is 2.05. The molecule has 0 saturated heterocycles. The number of hydrogen-bond donors (Lipinski definition) is 1. The Balaban J connectivity index is 2.39. The first-order valence-corrected chi connectivity index (χ1v) is 7.70. The van der Waals surface area contributed by atoms with Gasteiger partial charge in [-0.15, -0.1) is 0 Å². The van der Waals surface area contributed by atoms with E-state index in [1.807, 2.05) is 37.0 Å². The zero-order chi connectivity index (χ0) is 12.7. The predicted molar refractivity (Wildman–Crippen MR) is 79.9 cm³/mol. The molecule has 0 aliphatic heterocycles. The Morgan fingerprint density at radius 1 is 1.35 bits per heavy atom. The van der Waals surface area contributed by atoms with E-state index in [9.17, 15) is 0 Å². The maximum Gasteiger partial charge on any atom is 0.0446 e. The van der Waals surface area contributed by atoms with Crippen LogP contribution < -0.4 is 5.32 Å². The summed E-state index contributed by atoms with van der Waals surface area (Å²) in [5.41, 5.74) is 1.23. The number of benzene rings is 1. The first-order chi connectivity index (χ1) is 8.19. The lowest BCUT2D eigenvalue weighted by Gasteiger charge is -2.22. The number of thioether (sulfide) groups is 1. The Morgan fingerprint density at radius 2 is 2.06 bits per heavy atom. The van der Waals surface area contributed by atoms with Crippen molar-refractivity contribution in [3.8, 4) is 0 Å². The van der Waals surface area contributed by atoms with Gasteiger partial charge >= 0.3 is 0 Å². The van der Waals surface area contributed by atoms with Crippen LogP contribution in [0, 0.1) is 5.92 Å². The largest absolute Gasteiger partial charge is 0.316 e. The molecule has 0 heterocycles. The van der Waals surface area contributed by atoms with Gasteiger partial charge in [0.25, 0.3) is 0 Å². The second-order valence-electron chi connectivity index (χ2n) is 4.39. The Morgan fingerprint density at radius 3 is 2.65 bits per heavy atom. The minimum Gasteiger partial charge on any atom is -0.316 e. The second kappa shape index (κ2) is 8.02. The maximum atomic E-state index is 6.13. The van der Waals surface area contributed by atoms with Gasteiger partial charge in [-0.2, -0.15) is 11.8 Å². The van der Waals surface area contributed by atoms with Crippen LogP contribution in [0.4, 0.5) is 0 Å². The number of hydrogen-bond acceptors (Lipinski definition) is 2. The third-order valence-electron chi connectivity index (χ3n) is 3.21. The van der Waals surface area contributed by atoms with E-state index in [-0.39, 0.29) is 0 Å². The van der Waals surface area contributed by atoms with E-state index in [1.165, 1.54) is 12.0 Å². The van der Waals surface area contributed by atoms with E-state index < -0.39 is 0 Å². The molecule has 1 aromatic carbocycles. The van der Waals surface area contributed by atoms with Crippen LogP contribution in [0.5, 0.6) is 0 Å². The fraction of sp³-hybridized carbons (Fsp3) is 0.571. The molecule has 1 aromatic rings. The molecule has 1 N–H and O–H groups in total. The molecule has 1 rings (SSSR count). The Labute approximate surface area is 114 Å². The molecule has 1 nitrogen and oxygen atoms in total. The Kier molecular flexibility index (Phi) is 7.02. The fourth-order valence-electron chi connectivity index (χ4n) is 1.73. The summed E-state index contributed by atoms with van der Waals surface area (Å²) in [6.45, 7) is 4.55. The lowest BCUT2D eigenvalue weighted by atomic mass is 10.0. The number of rotatable bonds is 7. The Hall–Kier alpha value is -0.180. The first kappa shape index (κ1) is 14.9.